The molecule has 92 heavy (non-hydrogen) atoms. The summed E-state index contributed by atoms with van der Waals surface area (Å²) in [6.07, 6.45) is -37.6. The molecule has 0 aromatic rings. The first-order valence-corrected chi connectivity index (χ1v) is 32.6. The van der Waals surface area contributed by atoms with Gasteiger partial charge in [-0.1, -0.05) is 53.2 Å². The van der Waals surface area contributed by atoms with E-state index >= 15 is 4.79 Å². The van der Waals surface area contributed by atoms with E-state index in [9.17, 15) is 81.1 Å². The molecule has 5 aliphatic carbocycles. The fourth-order valence-corrected chi connectivity index (χ4v) is 18.5. The number of ether oxygens (including phenoxy) is 12. The minimum absolute atomic E-state index is 0.117. The second kappa shape index (κ2) is 25.8. The van der Waals surface area contributed by atoms with Crippen molar-refractivity contribution in [3.05, 3.63) is 11.6 Å². The molecule has 0 amide bonds. The Morgan fingerprint density at radius 1 is 0.554 bits per heavy atom. The van der Waals surface area contributed by atoms with Crippen LogP contribution in [0, 0.1) is 50.2 Å². The van der Waals surface area contributed by atoms with E-state index < -0.39 is 244 Å². The van der Waals surface area contributed by atoms with E-state index in [-0.39, 0.29) is 29.6 Å². The molecule has 11 fully saturated rings. The Bertz CT molecular complexity index is 2700. The maximum atomic E-state index is 15.6. The molecule has 524 valence electrons. The molecule has 10 bridgehead atoms. The summed E-state index contributed by atoms with van der Waals surface area (Å²) in [5.74, 6) is -4.05. The van der Waals surface area contributed by atoms with Crippen LogP contribution < -0.4 is 0 Å². The van der Waals surface area contributed by atoms with Gasteiger partial charge in [0.2, 0.25) is 6.29 Å². The predicted octanol–water partition coefficient (Wildman–Crippen LogP) is -2.68. The van der Waals surface area contributed by atoms with Crippen LogP contribution in [0.3, 0.4) is 0 Å². The number of carbonyl (C=O) groups excluding carboxylic acids is 3. The second-order valence-electron chi connectivity index (χ2n) is 30.5. The third-order valence-electron chi connectivity index (χ3n) is 23.9. The van der Waals surface area contributed by atoms with Gasteiger partial charge in [0.05, 0.1) is 75.2 Å². The Hall–Kier alpha value is -2.77. The van der Waals surface area contributed by atoms with Crippen molar-refractivity contribution in [2.75, 3.05) is 33.0 Å². The lowest BCUT2D eigenvalue weighted by Gasteiger charge is -2.72. The van der Waals surface area contributed by atoms with Gasteiger partial charge in [-0.25, -0.2) is 0 Å². The van der Waals surface area contributed by atoms with Crippen molar-refractivity contribution in [1.82, 2.24) is 0 Å². The molecule has 29 heteroatoms. The summed E-state index contributed by atoms with van der Waals surface area (Å²) in [5, 5.41) is 159. The van der Waals surface area contributed by atoms with Crippen molar-refractivity contribution in [3.8, 4) is 0 Å². The highest BCUT2D eigenvalue weighted by molar-refractivity contribution is 5.79. The number of aliphatic hydroxyl groups excluding tert-OH is 13. The third kappa shape index (κ3) is 12.1. The monoisotopic (exact) mass is 1320 g/mol. The van der Waals surface area contributed by atoms with E-state index in [1.807, 2.05) is 6.92 Å². The summed E-state index contributed by atoms with van der Waals surface area (Å²) in [4.78, 5) is 43.6. The van der Waals surface area contributed by atoms with E-state index in [1.165, 1.54) is 6.92 Å². The van der Waals surface area contributed by atoms with E-state index in [2.05, 4.69) is 40.7 Å². The number of allylic oxidation sites excluding steroid dienone is 2. The van der Waals surface area contributed by atoms with E-state index in [4.69, 9.17) is 56.8 Å². The van der Waals surface area contributed by atoms with Gasteiger partial charge in [0.1, 0.15) is 79.4 Å². The van der Waals surface area contributed by atoms with Gasteiger partial charge >= 0.3 is 17.9 Å². The minimum Gasteiger partial charge on any atom is -0.457 e. The fraction of sp³-hybridized carbons (Fsp3) is 0.921. The standard InChI is InChI=1S/C63H98O29/c1-26-45-46(88-51-43(77)38(72)30(67)22-81-51)44(78)52(84-26)89-48-40(74)32(69)24-83-54(48)92-56(79)63-15-13-57(2,3)17-28(63)27-9-10-35-59(5)18-29(66)50(60(6,25-65)34(59)11-12-62(35,8)61(27,7)14-16-63)91-55-49(42(76)41(75)33(21-64)85-55)90-53-47(39(73)31(68)23-82-53)87-37(71)20-58(4,80)19-36(70)86-45/h9,26,28-35,38-55,64-69,72-78,80H,10-25H2,1-8H3/t26-,28-,29-,30-,31-,32-,33+,34+,35+,38+,39-,40-,41+,42-,43-,44+,45-,46-,47+,48+,49+,50-,51+,52-,53-,54-,55-,58+,59-,60-,61+,62+,63-/m0/s1. The number of hydrogen-bond donors (Lipinski definition) is 14. The average molecular weight is 1320 g/mol. The van der Waals surface area contributed by atoms with Crippen LogP contribution in [0.1, 0.15) is 126 Å². The van der Waals surface area contributed by atoms with Gasteiger partial charge in [-0.2, -0.15) is 0 Å². The van der Waals surface area contributed by atoms with Crippen LogP contribution in [-0.4, -0.2) is 275 Å². The number of aliphatic hydroxyl groups is 14. The van der Waals surface area contributed by atoms with Crippen molar-refractivity contribution in [1.29, 1.82) is 0 Å². The Balaban J connectivity index is 0.974. The van der Waals surface area contributed by atoms with E-state index in [1.54, 1.807) is 0 Å². The lowest BCUT2D eigenvalue weighted by Crippen LogP contribution is -2.70. The first kappa shape index (κ1) is 70.5. The third-order valence-corrected chi connectivity index (χ3v) is 23.9. The molecule has 1 spiro atoms. The Morgan fingerprint density at radius 2 is 1.15 bits per heavy atom. The lowest BCUT2D eigenvalue weighted by molar-refractivity contribution is -0.377. The van der Waals surface area contributed by atoms with Crippen molar-refractivity contribution in [2.24, 2.45) is 50.2 Å². The largest absolute Gasteiger partial charge is 0.457 e. The van der Waals surface area contributed by atoms with Gasteiger partial charge in [-0.15, -0.1) is 0 Å². The van der Waals surface area contributed by atoms with Crippen molar-refractivity contribution in [2.45, 2.75) is 279 Å². The summed E-state index contributed by atoms with van der Waals surface area (Å²) in [6, 6.07) is 0. The van der Waals surface area contributed by atoms with Gasteiger partial charge in [0, 0.05) is 5.41 Å². The Morgan fingerprint density at radius 3 is 1.82 bits per heavy atom. The average Bonchev–Trinajstić information content (AvgIpc) is 0.675. The van der Waals surface area contributed by atoms with Crippen LogP contribution in [0.4, 0.5) is 0 Å². The summed E-state index contributed by atoms with van der Waals surface area (Å²) < 4.78 is 72.8. The van der Waals surface area contributed by atoms with Crippen LogP contribution in [0.15, 0.2) is 11.6 Å². The number of esters is 3. The summed E-state index contributed by atoms with van der Waals surface area (Å²) in [5.41, 5.74) is -5.61. The molecular formula is C63H98O29. The highest BCUT2D eigenvalue weighted by Crippen LogP contribution is 2.76. The smallest absolute Gasteiger partial charge is 0.315 e. The second-order valence-corrected chi connectivity index (χ2v) is 30.5. The van der Waals surface area contributed by atoms with Gasteiger partial charge in [0.25, 0.3) is 0 Å². The summed E-state index contributed by atoms with van der Waals surface area (Å²) in [7, 11) is 0. The van der Waals surface area contributed by atoms with Crippen LogP contribution in [0.25, 0.3) is 0 Å². The van der Waals surface area contributed by atoms with Crippen LogP contribution >= 0.6 is 0 Å². The maximum absolute atomic E-state index is 15.6. The summed E-state index contributed by atoms with van der Waals surface area (Å²) in [6.45, 7) is 12.2. The number of hydrogen-bond acceptors (Lipinski definition) is 29. The molecule has 11 heterocycles. The van der Waals surface area contributed by atoms with Crippen LogP contribution in [0.2, 0.25) is 0 Å². The van der Waals surface area contributed by atoms with Gasteiger partial charge in [-0.05, 0) is 111 Å². The topological polar surface area (TPSA) is 445 Å². The lowest BCUT2D eigenvalue weighted by atomic mass is 9.33. The molecule has 0 aromatic heterocycles. The van der Waals surface area contributed by atoms with Crippen molar-refractivity contribution >= 4 is 17.9 Å². The normalized spacial score (nSPS) is 54.4. The van der Waals surface area contributed by atoms with Gasteiger partial charge in [-0.3, -0.25) is 14.4 Å². The number of carbonyl (C=O) groups is 3. The van der Waals surface area contributed by atoms with Crippen molar-refractivity contribution in [3.63, 3.8) is 0 Å². The molecule has 16 rings (SSSR count). The number of rotatable bonds is 4. The van der Waals surface area contributed by atoms with Crippen LogP contribution in [-0.2, 0) is 71.2 Å². The molecule has 7 saturated heterocycles. The molecule has 29 nitrogen and oxygen atoms in total. The van der Waals surface area contributed by atoms with Gasteiger partial charge in [0.15, 0.2) is 43.5 Å². The van der Waals surface area contributed by atoms with E-state index in [0.29, 0.717) is 51.4 Å². The molecule has 0 aromatic carbocycles. The zero-order valence-electron chi connectivity index (χ0n) is 53.4. The van der Waals surface area contributed by atoms with E-state index in [0.717, 1.165) is 12.5 Å². The quantitative estimate of drug-likeness (QED) is 0.0590. The highest BCUT2D eigenvalue weighted by atomic mass is 16.8. The predicted molar refractivity (Wildman–Crippen MR) is 306 cm³/mol. The maximum Gasteiger partial charge on any atom is 0.315 e. The molecule has 0 radical (unpaired) electrons. The molecule has 33 atom stereocenters. The SMILES string of the molecule is C[C@@H]1O[C@H]2O[C@H]3[C@@H](OC[C@H](O)[C@@H]3O)OC(=O)[C@]34CCC(C)(C)C[C@H]3C3=CC[C@@H]5[C@@]6(C)C[C@H](O)[C@H](O[C@@H]7O[C@H](CO)[C@@H](O)[C@H](O)[C@H]7O[C@@H]7OC[C@H](O)[C@H](O)[C@H]7OC(=O)C[C@](C)(O)CC(=O)O[C@@H]1[C@@H](O[C@H]1OC[C@H](O)[C@@H](O)[C@@H]1O)[C@H]2O)[C@@](C)(CO)[C@@H]6CC[C@@]5(C)[C@]3(C)CC4. The first-order valence-electron chi connectivity index (χ1n) is 32.6. The highest BCUT2D eigenvalue weighted by Gasteiger charge is 2.72. The zero-order chi connectivity index (χ0) is 66.9. The zero-order valence-corrected chi connectivity index (χ0v) is 53.4. The molecule has 4 saturated carbocycles. The summed E-state index contributed by atoms with van der Waals surface area (Å²) >= 11 is 0. The van der Waals surface area contributed by atoms with Gasteiger partial charge < -0.3 is 128 Å². The molecule has 11 aliphatic heterocycles. The fourth-order valence-electron chi connectivity index (χ4n) is 18.5. The van der Waals surface area contributed by atoms with Crippen LogP contribution in [0.5, 0.6) is 0 Å². The molecule has 14 N–H and O–H groups in total. The molecular weight excluding hydrogens is 1220 g/mol. The Labute approximate surface area is 533 Å². The molecule has 16 aliphatic rings. The molecule has 0 unspecified atom stereocenters. The van der Waals surface area contributed by atoms with Crippen molar-refractivity contribution < 1.29 is 143 Å². The minimum atomic E-state index is -2.38. The Kier molecular flexibility index (Phi) is 19.8. The first-order chi connectivity index (χ1) is 43.1.